The van der Waals surface area contributed by atoms with Gasteiger partial charge in [0, 0.05) is 17.2 Å². The van der Waals surface area contributed by atoms with E-state index in [2.05, 4.69) is 10.1 Å². The van der Waals surface area contributed by atoms with Gasteiger partial charge in [-0.1, -0.05) is 41.0 Å². The van der Waals surface area contributed by atoms with Gasteiger partial charge in [-0.05, 0) is 55.2 Å². The van der Waals surface area contributed by atoms with Crippen LogP contribution in [-0.2, 0) is 6.42 Å². The van der Waals surface area contributed by atoms with Crippen molar-refractivity contribution >= 4 is 17.2 Å². The second-order valence-electron chi connectivity index (χ2n) is 7.03. The average molecular weight is 424 g/mol. The van der Waals surface area contributed by atoms with Crippen LogP contribution in [0.3, 0.4) is 0 Å². The van der Waals surface area contributed by atoms with E-state index in [-0.39, 0.29) is 6.10 Å². The van der Waals surface area contributed by atoms with Crippen LogP contribution in [-0.4, -0.2) is 21.2 Å². The van der Waals surface area contributed by atoms with Crippen molar-refractivity contribution in [1.29, 1.82) is 0 Å². The number of halogens is 1. The third-order valence-corrected chi connectivity index (χ3v) is 4.89. The van der Waals surface area contributed by atoms with Crippen LogP contribution in [0.25, 0.3) is 28.4 Å². The molecule has 1 aliphatic rings. The summed E-state index contributed by atoms with van der Waals surface area (Å²) in [6.07, 6.45) is 5.04. The van der Waals surface area contributed by atoms with Crippen LogP contribution in [0.2, 0.25) is 5.02 Å². The van der Waals surface area contributed by atoms with Crippen LogP contribution < -0.4 is 4.74 Å². The molecular formula is C22H18ClN3O4. The second-order valence-corrected chi connectivity index (χ2v) is 7.44. The first-order valence-corrected chi connectivity index (χ1v) is 9.75. The molecule has 0 saturated carbocycles. The Labute approximate surface area is 177 Å². The summed E-state index contributed by atoms with van der Waals surface area (Å²) in [5, 5.41) is 15.2. The van der Waals surface area contributed by atoms with E-state index >= 15 is 0 Å². The molecule has 3 aromatic rings. The number of ether oxygens (including phenoxy) is 1. The summed E-state index contributed by atoms with van der Waals surface area (Å²) in [5.74, 6) is 1.39. The average Bonchev–Trinajstić information content (AvgIpc) is 3.34. The zero-order chi connectivity index (χ0) is 21.3. The van der Waals surface area contributed by atoms with Gasteiger partial charge in [-0.2, -0.15) is 4.98 Å². The summed E-state index contributed by atoms with van der Waals surface area (Å²) >= 11 is 6.32. The molecule has 4 rings (SSSR count). The molecule has 8 heteroatoms. The quantitative estimate of drug-likeness (QED) is 0.380. The van der Waals surface area contributed by atoms with Gasteiger partial charge in [-0.3, -0.25) is 10.1 Å². The van der Waals surface area contributed by atoms with Crippen LogP contribution in [0.15, 0.2) is 59.3 Å². The SMILES string of the molecule is CC(C)Oc1ccc(-c2nc(-c3cccc4c3CC=C4/C=C/[N+](=O)[O-])no2)cc1Cl. The maximum atomic E-state index is 10.6. The molecule has 0 spiro atoms. The standard InChI is InChI=1S/C22H18ClN3O4/c1-13(2)29-20-9-7-15(12-19(20)23)22-24-21(25-30-22)18-5-3-4-16-14(6-8-17(16)18)10-11-26(27)28/h3-7,9-13H,8H2,1-2H3/b11-10+. The highest BCUT2D eigenvalue weighted by atomic mass is 35.5. The van der Waals surface area contributed by atoms with Gasteiger partial charge in [0.1, 0.15) is 5.75 Å². The number of benzene rings is 2. The molecule has 30 heavy (non-hydrogen) atoms. The molecule has 1 aromatic heterocycles. The summed E-state index contributed by atoms with van der Waals surface area (Å²) in [6, 6.07) is 11.0. The van der Waals surface area contributed by atoms with E-state index in [4.69, 9.17) is 20.9 Å². The minimum absolute atomic E-state index is 0.0160. The molecule has 152 valence electrons. The highest BCUT2D eigenvalue weighted by Crippen LogP contribution is 2.36. The van der Waals surface area contributed by atoms with Crippen molar-refractivity contribution in [2.75, 3.05) is 0 Å². The third kappa shape index (κ3) is 3.97. The van der Waals surface area contributed by atoms with Crippen molar-refractivity contribution in [3.8, 4) is 28.6 Å². The lowest BCUT2D eigenvalue weighted by Gasteiger charge is -2.11. The van der Waals surface area contributed by atoms with Crippen LogP contribution in [0.1, 0.15) is 25.0 Å². The largest absolute Gasteiger partial charge is 0.489 e. The maximum absolute atomic E-state index is 10.6. The Morgan fingerprint density at radius 2 is 2.07 bits per heavy atom. The summed E-state index contributed by atoms with van der Waals surface area (Å²) in [5.41, 5.74) is 4.26. The van der Waals surface area contributed by atoms with Crippen LogP contribution in [0, 0.1) is 10.1 Å². The maximum Gasteiger partial charge on any atom is 0.258 e. The van der Waals surface area contributed by atoms with Gasteiger partial charge >= 0.3 is 0 Å². The number of fused-ring (bicyclic) bond motifs is 1. The van der Waals surface area contributed by atoms with Crippen LogP contribution >= 0.6 is 11.6 Å². The lowest BCUT2D eigenvalue weighted by molar-refractivity contribution is -0.402. The Kier molecular flexibility index (Phi) is 5.37. The lowest BCUT2D eigenvalue weighted by Crippen LogP contribution is -2.05. The molecule has 0 bridgehead atoms. The number of hydrogen-bond acceptors (Lipinski definition) is 6. The van der Waals surface area contributed by atoms with Gasteiger partial charge in [0.15, 0.2) is 0 Å². The van der Waals surface area contributed by atoms with Gasteiger partial charge in [0.25, 0.3) is 5.89 Å². The van der Waals surface area contributed by atoms with Crippen molar-refractivity contribution in [3.05, 3.63) is 81.0 Å². The van der Waals surface area contributed by atoms with E-state index in [9.17, 15) is 10.1 Å². The number of aromatic nitrogens is 2. The van der Waals surface area contributed by atoms with Crippen molar-refractivity contribution in [2.45, 2.75) is 26.4 Å². The molecular weight excluding hydrogens is 406 g/mol. The molecule has 0 amide bonds. The number of nitro groups is 1. The molecule has 0 radical (unpaired) electrons. The predicted octanol–water partition coefficient (Wildman–Crippen LogP) is 5.57. The fourth-order valence-electron chi connectivity index (χ4n) is 3.34. The van der Waals surface area contributed by atoms with E-state index in [1.807, 2.05) is 44.2 Å². The Morgan fingerprint density at radius 3 is 2.80 bits per heavy atom. The molecule has 1 heterocycles. The zero-order valence-corrected chi connectivity index (χ0v) is 17.1. The van der Waals surface area contributed by atoms with Gasteiger partial charge in [-0.15, -0.1) is 0 Å². The minimum Gasteiger partial charge on any atom is -0.489 e. The van der Waals surface area contributed by atoms with E-state index in [1.54, 1.807) is 12.1 Å². The first kappa shape index (κ1) is 19.8. The Bertz CT molecular complexity index is 1180. The Hall–Kier alpha value is -3.45. The van der Waals surface area contributed by atoms with Crippen molar-refractivity contribution in [1.82, 2.24) is 10.1 Å². The van der Waals surface area contributed by atoms with Gasteiger partial charge in [0.2, 0.25) is 12.0 Å². The smallest absolute Gasteiger partial charge is 0.258 e. The lowest BCUT2D eigenvalue weighted by atomic mass is 9.99. The summed E-state index contributed by atoms with van der Waals surface area (Å²) in [7, 11) is 0. The second kappa shape index (κ2) is 8.12. The number of rotatable bonds is 6. The van der Waals surface area contributed by atoms with Crippen molar-refractivity contribution < 1.29 is 14.2 Å². The minimum atomic E-state index is -0.475. The fraction of sp³-hybridized carbons (Fsp3) is 0.182. The topological polar surface area (TPSA) is 91.3 Å². The van der Waals surface area contributed by atoms with E-state index in [0.29, 0.717) is 34.5 Å². The predicted molar refractivity (Wildman–Crippen MR) is 114 cm³/mol. The molecule has 0 fully saturated rings. The van der Waals surface area contributed by atoms with E-state index in [1.165, 1.54) is 6.08 Å². The van der Waals surface area contributed by atoms with Crippen LogP contribution in [0.4, 0.5) is 0 Å². The molecule has 0 aliphatic heterocycles. The van der Waals surface area contributed by atoms with Crippen LogP contribution in [0.5, 0.6) is 5.75 Å². The van der Waals surface area contributed by atoms with E-state index in [0.717, 1.165) is 28.5 Å². The Morgan fingerprint density at radius 1 is 1.27 bits per heavy atom. The molecule has 1 aliphatic carbocycles. The number of allylic oxidation sites excluding steroid dienone is 3. The normalized spacial score (nSPS) is 13.0. The van der Waals surface area contributed by atoms with Gasteiger partial charge in [0.05, 0.1) is 16.0 Å². The summed E-state index contributed by atoms with van der Waals surface area (Å²) in [6.45, 7) is 3.86. The van der Waals surface area contributed by atoms with Crippen molar-refractivity contribution in [2.24, 2.45) is 0 Å². The van der Waals surface area contributed by atoms with E-state index < -0.39 is 4.92 Å². The number of hydrogen-bond donors (Lipinski definition) is 0. The highest BCUT2D eigenvalue weighted by molar-refractivity contribution is 6.32. The monoisotopic (exact) mass is 423 g/mol. The molecule has 0 atom stereocenters. The molecule has 2 aromatic carbocycles. The third-order valence-electron chi connectivity index (χ3n) is 4.60. The molecule has 7 nitrogen and oxygen atoms in total. The summed E-state index contributed by atoms with van der Waals surface area (Å²) in [4.78, 5) is 14.7. The molecule has 0 N–H and O–H groups in total. The van der Waals surface area contributed by atoms with Gasteiger partial charge in [-0.25, -0.2) is 0 Å². The zero-order valence-electron chi connectivity index (χ0n) is 16.3. The highest BCUT2D eigenvalue weighted by Gasteiger charge is 2.21. The fourth-order valence-corrected chi connectivity index (χ4v) is 3.57. The van der Waals surface area contributed by atoms with Gasteiger partial charge < -0.3 is 9.26 Å². The first-order valence-electron chi connectivity index (χ1n) is 9.37. The van der Waals surface area contributed by atoms with Crippen molar-refractivity contribution in [3.63, 3.8) is 0 Å². The molecule has 0 unspecified atom stereocenters. The molecule has 0 saturated heterocycles. The first-order chi connectivity index (χ1) is 14.4. The number of nitrogens with zero attached hydrogens (tertiary/aromatic N) is 3. The summed E-state index contributed by atoms with van der Waals surface area (Å²) < 4.78 is 11.1. The Balaban J connectivity index is 1.63.